The second-order valence-electron chi connectivity index (χ2n) is 44.3. The summed E-state index contributed by atoms with van der Waals surface area (Å²) in [4.78, 5) is 120. The fourth-order valence-electron chi connectivity index (χ4n) is 11.2. The molecule has 0 aliphatic carbocycles. The van der Waals surface area contributed by atoms with Crippen LogP contribution in [0.3, 0.4) is 0 Å². The van der Waals surface area contributed by atoms with E-state index in [1.165, 1.54) is 204 Å². The summed E-state index contributed by atoms with van der Waals surface area (Å²) in [5.41, 5.74) is -3.18. The molecule has 0 spiro atoms. The Morgan fingerprint density at radius 3 is 0.407 bits per heavy atom. The van der Waals surface area contributed by atoms with Crippen molar-refractivity contribution in [2.45, 2.75) is 166 Å². The zero-order valence-corrected chi connectivity index (χ0v) is 94.0. The number of benzene rings is 4. The van der Waals surface area contributed by atoms with Crippen LogP contribution in [-0.2, 0) is 87.5 Å². The first kappa shape index (κ1) is 138. The number of hydrogen-bond donors (Lipinski definition) is 0. The smallest absolute Gasteiger partial charge is 0.875 e. The molecule has 4 aromatic carbocycles. The molecule has 796 valence electrons. The monoisotopic (exact) mass is 2130 g/mol. The molecule has 4 aromatic rings. The van der Waals surface area contributed by atoms with Crippen LogP contribution >= 0.6 is 0 Å². The fraction of sp³-hybridized carbons (Fsp3) is 0.564. The summed E-state index contributed by atoms with van der Waals surface area (Å²) in [7, 11) is 21.7. The standard InChI is InChI=1S/4C20H26O4.5C6H14N2.4Cu/c4*1-19(2,3)17(23)11-15(21)13-8-7-9-14(10-13)16(22)12-18(24)20(4,5)6;5*1-7-3-5-8(2)6-4-7;;;;/h2*7-12,23-24H,1-6H3;2*7-12,21-22H,1-6H3;5*3-6H2,1-2H3;;;;/q;;;;;;;;;4*+2/p-8/b2*17-11-,18-12-;2*15-11-,16-12-;;;;;;;;;. The third-order valence-corrected chi connectivity index (χ3v) is 22.4. The van der Waals surface area contributed by atoms with Crippen molar-refractivity contribution in [3.63, 3.8) is 0 Å². The maximum atomic E-state index is 12.2. The molecule has 30 heteroatoms. The van der Waals surface area contributed by atoms with Gasteiger partial charge in [-0.15, -0.1) is 23.0 Å². The summed E-state index contributed by atoms with van der Waals surface area (Å²) in [5, 5.41) is 96.5. The average molecular weight is 2140 g/mol. The fourth-order valence-corrected chi connectivity index (χ4v) is 11.2. The quantitative estimate of drug-likeness (QED) is 0.0436. The van der Waals surface area contributed by atoms with Crippen molar-refractivity contribution in [2.75, 3.05) is 201 Å². The first-order valence-corrected chi connectivity index (χ1v) is 47.0. The van der Waals surface area contributed by atoms with Crippen LogP contribution in [0.5, 0.6) is 0 Å². The van der Waals surface area contributed by atoms with Crippen molar-refractivity contribution in [1.29, 1.82) is 0 Å². The zero-order chi connectivity index (χ0) is 105. The molecular formula is C110H166Cu4N10O16. The van der Waals surface area contributed by atoms with Gasteiger partial charge in [0.2, 0.25) is 0 Å². The summed E-state index contributed by atoms with van der Waals surface area (Å²) in [5.74, 6) is -5.85. The van der Waals surface area contributed by atoms with E-state index in [1.807, 2.05) is 0 Å². The van der Waals surface area contributed by atoms with Crippen molar-refractivity contribution < 1.29 is 147 Å². The molecule has 0 aromatic heterocycles. The zero-order valence-electron chi connectivity index (χ0n) is 90.2. The Bertz CT molecular complexity index is 4120. The average Bonchev–Trinajstić information content (AvgIpc) is 0.849. The number of carbonyl (C=O) groups is 8. The molecule has 26 nitrogen and oxygen atoms in total. The van der Waals surface area contributed by atoms with Gasteiger partial charge >= 0.3 is 68.3 Å². The number of ketones is 8. The first-order valence-electron chi connectivity index (χ1n) is 47.0. The SMILES string of the molecule is CC(C)(C)/C([O-])=C/C(=O)c1cccc(C(=O)/C=C(\[O-])C(C)(C)C)c1.CC(C)(C)/C([O-])=C/C(=O)c1cccc(C(=O)/C=C(\[O-])C(C)(C)C)c1.CC(C)(C)C(=O)/C=C(\[O-])c1cccc(/C([O-])=C/C(=O)C(C)(C)C)c1.CC(C)(C)C(=O)/C=C(\[O-])c1cccc(/C([O-])=C/C(=O)C(C)(C)C)c1.CN1CCN(C)CC1.CN1CCN(C)CC1.CN1CCN(C)CC1.CN1CCN(C)CC1.CN1CCN(C)CC1.[Cu+2].[Cu+2].[Cu+2].[Cu+2]. The molecule has 5 saturated heterocycles. The van der Waals surface area contributed by atoms with Crippen LogP contribution in [0, 0.1) is 43.3 Å². The minimum Gasteiger partial charge on any atom is -0.875 e. The Balaban J connectivity index is -0.000000769. The molecular weight excluding hydrogens is 1970 g/mol. The predicted molar refractivity (Wildman–Crippen MR) is 538 cm³/mol. The molecule has 5 fully saturated rings. The molecule has 140 heavy (non-hydrogen) atoms. The number of likely N-dealkylation sites (N-methyl/N-ethyl adjacent to an activating group) is 10. The maximum Gasteiger partial charge on any atom is 2.00 e. The Kier molecular flexibility index (Phi) is 63.5. The van der Waals surface area contributed by atoms with Gasteiger partial charge in [0.1, 0.15) is 0 Å². The Morgan fingerprint density at radius 1 is 0.193 bits per heavy atom. The van der Waals surface area contributed by atoms with Gasteiger partial charge in [-0.2, -0.15) is 0 Å². The summed E-state index contributed by atoms with van der Waals surface area (Å²) >= 11 is 0. The molecule has 5 aliphatic heterocycles. The van der Waals surface area contributed by atoms with E-state index >= 15 is 0 Å². The number of hydrogen-bond acceptors (Lipinski definition) is 26. The molecule has 0 atom stereocenters. The van der Waals surface area contributed by atoms with Crippen molar-refractivity contribution >= 4 is 69.3 Å². The Morgan fingerprint density at radius 2 is 0.300 bits per heavy atom. The minimum atomic E-state index is -0.643. The van der Waals surface area contributed by atoms with Crippen LogP contribution < -0.4 is 40.9 Å². The van der Waals surface area contributed by atoms with Gasteiger partial charge in [-0.25, -0.2) is 0 Å². The number of nitrogens with zero attached hydrogens (tertiary/aromatic N) is 10. The summed E-state index contributed by atoms with van der Waals surface area (Å²) in [6.07, 6.45) is 8.39. The van der Waals surface area contributed by atoms with Crippen LogP contribution in [0.15, 0.2) is 169 Å². The number of carbonyl (C=O) groups excluding carboxylic acids is 8. The normalized spacial score (nSPS) is 16.9. The van der Waals surface area contributed by atoms with Crippen molar-refractivity contribution in [1.82, 2.24) is 49.0 Å². The van der Waals surface area contributed by atoms with Crippen molar-refractivity contribution in [3.05, 3.63) is 213 Å². The van der Waals surface area contributed by atoms with Crippen molar-refractivity contribution in [2.24, 2.45) is 43.3 Å². The van der Waals surface area contributed by atoms with Crippen LogP contribution in [-0.4, -0.2) is 297 Å². The number of piperazine rings is 5. The minimum absolute atomic E-state index is 0. The van der Waals surface area contributed by atoms with Gasteiger partial charge in [0.05, 0.1) is 0 Å². The molecule has 9 rings (SSSR count). The molecule has 5 heterocycles. The third kappa shape index (κ3) is 57.7. The first-order chi connectivity index (χ1) is 62.2. The van der Waals surface area contributed by atoms with Gasteiger partial charge in [-0.05, 0) is 187 Å². The molecule has 5 aliphatic rings. The molecule has 0 amide bonds. The van der Waals surface area contributed by atoms with E-state index in [-0.39, 0.29) is 159 Å². The van der Waals surface area contributed by atoms with Gasteiger partial charge in [-0.1, -0.05) is 262 Å². The second-order valence-corrected chi connectivity index (χ2v) is 44.3. The van der Waals surface area contributed by atoms with E-state index in [4.69, 9.17) is 0 Å². The topological polar surface area (TPSA) is 353 Å². The number of rotatable bonds is 16. The summed E-state index contributed by atoms with van der Waals surface area (Å²) < 4.78 is 0. The Hall–Kier alpha value is -7.76. The van der Waals surface area contributed by atoms with Crippen LogP contribution in [0.25, 0.3) is 23.0 Å². The molecule has 0 unspecified atom stereocenters. The maximum absolute atomic E-state index is 12.2. The molecule has 0 bridgehead atoms. The van der Waals surface area contributed by atoms with E-state index in [0.29, 0.717) is 0 Å². The van der Waals surface area contributed by atoms with E-state index in [1.54, 1.807) is 190 Å². The van der Waals surface area contributed by atoms with Crippen molar-refractivity contribution in [3.8, 4) is 0 Å². The molecule has 4 radical (unpaired) electrons. The summed E-state index contributed by atoms with van der Waals surface area (Å²) in [6, 6.07) is 24.2. The van der Waals surface area contributed by atoms with Gasteiger partial charge in [-0.3, -0.25) is 38.4 Å². The Labute approximate surface area is 883 Å². The number of allylic oxidation sites excluding steroid dienone is 12. The summed E-state index contributed by atoms with van der Waals surface area (Å²) in [6.45, 7) is 66.1. The van der Waals surface area contributed by atoms with Gasteiger partial charge in [0.25, 0.3) is 0 Å². The van der Waals surface area contributed by atoms with E-state index in [9.17, 15) is 79.2 Å². The van der Waals surface area contributed by atoms with Crippen LogP contribution in [0.1, 0.15) is 230 Å². The van der Waals surface area contributed by atoms with E-state index < -0.39 is 89.5 Å². The van der Waals surface area contributed by atoms with Gasteiger partial charge in [0.15, 0.2) is 46.3 Å². The third-order valence-electron chi connectivity index (χ3n) is 22.4. The van der Waals surface area contributed by atoms with Gasteiger partial charge < -0.3 is 89.9 Å². The second kappa shape index (κ2) is 64.2. The largest absolute Gasteiger partial charge is 2.00 e. The van der Waals surface area contributed by atoms with Crippen LogP contribution in [0.4, 0.5) is 0 Å². The van der Waals surface area contributed by atoms with Gasteiger partial charge in [0, 0.05) is 175 Å². The van der Waals surface area contributed by atoms with E-state index in [2.05, 4.69) is 119 Å². The van der Waals surface area contributed by atoms with Crippen LogP contribution in [0.2, 0.25) is 0 Å². The molecule has 0 N–H and O–H groups in total. The van der Waals surface area contributed by atoms with E-state index in [0.717, 1.165) is 48.6 Å². The molecule has 0 saturated carbocycles. The predicted octanol–water partition coefficient (Wildman–Crippen LogP) is 9.21.